The highest BCUT2D eigenvalue weighted by Crippen LogP contribution is 2.45. The van der Waals surface area contributed by atoms with Gasteiger partial charge >= 0.3 is 39.5 Å². The Morgan fingerprint density at radius 1 is 0.273 bits per heavy atom. The molecular weight excluding hydrogens is 1290 g/mol. The Bertz CT molecular complexity index is 1910. The number of aliphatic hydroxyl groups excluding tert-OH is 1. The molecule has 0 aliphatic heterocycles. The summed E-state index contributed by atoms with van der Waals surface area (Å²) in [5.74, 6) is -0.537. The van der Waals surface area contributed by atoms with E-state index in [1.165, 1.54) is 238 Å². The normalized spacial score (nSPS) is 13.9. The number of phosphoric ester groups is 2. The van der Waals surface area contributed by atoms with Crippen molar-refractivity contribution in [1.82, 2.24) is 0 Å². The van der Waals surface area contributed by atoms with Crippen LogP contribution in [0.25, 0.3) is 0 Å². The van der Waals surface area contributed by atoms with Crippen molar-refractivity contribution in [2.45, 2.75) is 439 Å². The van der Waals surface area contributed by atoms with E-state index in [0.29, 0.717) is 25.7 Å². The molecule has 0 aromatic carbocycles. The third-order valence-electron chi connectivity index (χ3n) is 18.7. The average molecular weight is 1450 g/mol. The second-order valence-corrected chi connectivity index (χ2v) is 32.7. The van der Waals surface area contributed by atoms with Crippen molar-refractivity contribution in [3.63, 3.8) is 0 Å². The van der Waals surface area contributed by atoms with Crippen molar-refractivity contribution in [2.75, 3.05) is 39.6 Å². The molecule has 0 spiro atoms. The smallest absolute Gasteiger partial charge is 0.462 e. The molecule has 3 N–H and O–H groups in total. The van der Waals surface area contributed by atoms with E-state index < -0.39 is 97.5 Å². The average Bonchev–Trinajstić information content (AvgIpc) is 0.955. The molecule has 0 heterocycles. The molecule has 99 heavy (non-hydrogen) atoms. The van der Waals surface area contributed by atoms with Gasteiger partial charge in [0.05, 0.1) is 26.4 Å². The van der Waals surface area contributed by atoms with Gasteiger partial charge in [-0.2, -0.15) is 0 Å². The van der Waals surface area contributed by atoms with E-state index in [1.54, 1.807) is 0 Å². The van der Waals surface area contributed by atoms with Gasteiger partial charge in [-0.3, -0.25) is 37.3 Å². The lowest BCUT2D eigenvalue weighted by molar-refractivity contribution is -0.161. The number of aliphatic hydroxyl groups is 1. The Morgan fingerprint density at radius 2 is 0.465 bits per heavy atom. The molecule has 0 saturated carbocycles. The highest BCUT2D eigenvalue weighted by atomic mass is 31.2. The van der Waals surface area contributed by atoms with E-state index >= 15 is 0 Å². The van der Waals surface area contributed by atoms with Crippen LogP contribution in [0.4, 0.5) is 0 Å². The summed E-state index contributed by atoms with van der Waals surface area (Å²) in [6.07, 6.45) is 61.0. The predicted octanol–water partition coefficient (Wildman–Crippen LogP) is 23.9. The Labute approximate surface area is 607 Å². The zero-order valence-electron chi connectivity index (χ0n) is 64.8. The Morgan fingerprint density at radius 3 is 0.687 bits per heavy atom. The summed E-state index contributed by atoms with van der Waals surface area (Å²) in [6, 6.07) is 0. The monoisotopic (exact) mass is 1450 g/mol. The molecule has 0 amide bonds. The molecule has 19 heteroatoms. The minimum absolute atomic E-state index is 0.106. The second kappa shape index (κ2) is 71.7. The van der Waals surface area contributed by atoms with Gasteiger partial charge in [0, 0.05) is 25.7 Å². The molecule has 0 aliphatic rings. The summed E-state index contributed by atoms with van der Waals surface area (Å²) in [5, 5.41) is 10.6. The number of carbonyl (C=O) groups excluding carboxylic acids is 4. The molecule has 0 aromatic heterocycles. The van der Waals surface area contributed by atoms with Gasteiger partial charge < -0.3 is 33.8 Å². The maximum absolute atomic E-state index is 13.1. The molecule has 0 bridgehead atoms. The van der Waals surface area contributed by atoms with Crippen molar-refractivity contribution >= 4 is 39.5 Å². The number of esters is 4. The highest BCUT2D eigenvalue weighted by molar-refractivity contribution is 7.47. The Balaban J connectivity index is 5.21. The molecule has 17 nitrogen and oxygen atoms in total. The molecule has 0 radical (unpaired) electrons. The zero-order valence-corrected chi connectivity index (χ0v) is 66.6. The minimum Gasteiger partial charge on any atom is -0.462 e. The van der Waals surface area contributed by atoms with Gasteiger partial charge in [0.1, 0.15) is 19.3 Å². The summed E-state index contributed by atoms with van der Waals surface area (Å²) in [6.45, 7) is 9.65. The summed E-state index contributed by atoms with van der Waals surface area (Å²) in [5.41, 5.74) is 0. The van der Waals surface area contributed by atoms with Crippen LogP contribution in [0.1, 0.15) is 420 Å². The van der Waals surface area contributed by atoms with Crippen LogP contribution in [0.3, 0.4) is 0 Å². The van der Waals surface area contributed by atoms with Crippen LogP contribution in [0.2, 0.25) is 0 Å². The maximum atomic E-state index is 13.1. The Kier molecular flexibility index (Phi) is 70.3. The first-order chi connectivity index (χ1) is 47.9. The van der Waals surface area contributed by atoms with E-state index in [4.69, 9.17) is 37.0 Å². The van der Waals surface area contributed by atoms with Crippen molar-refractivity contribution < 1.29 is 80.2 Å². The molecule has 0 aliphatic carbocycles. The first kappa shape index (κ1) is 97.1. The number of hydrogen-bond donors (Lipinski definition) is 3. The summed E-state index contributed by atoms with van der Waals surface area (Å²) in [7, 11) is -9.92. The zero-order chi connectivity index (χ0) is 72.8. The lowest BCUT2D eigenvalue weighted by Crippen LogP contribution is -2.30. The SMILES string of the molecule is CCCCCCCCCCCCCCCCCC(=O)OC[C@H](COP(=O)(O)OC[C@@H](O)COP(=O)(O)OC[C@@H](COC(=O)CCCCCCCCCCCC)OC(=O)CCCCCCCCCCCCC(C)C)OC(=O)CCCCCCCCCCCCCCCCCCCCC(C)C. The first-order valence-electron chi connectivity index (χ1n) is 41.5. The molecular formula is C80H156O17P2. The number of rotatable bonds is 79. The summed E-state index contributed by atoms with van der Waals surface area (Å²) in [4.78, 5) is 72.9. The third-order valence-corrected chi connectivity index (χ3v) is 20.6. The van der Waals surface area contributed by atoms with Gasteiger partial charge in [0.25, 0.3) is 0 Å². The van der Waals surface area contributed by atoms with E-state index in [9.17, 15) is 43.2 Å². The second-order valence-electron chi connectivity index (χ2n) is 29.8. The fraction of sp³-hybridized carbons (Fsp3) is 0.950. The summed E-state index contributed by atoms with van der Waals surface area (Å²) >= 11 is 0. The minimum atomic E-state index is -4.96. The topological polar surface area (TPSA) is 237 Å². The Hall–Kier alpha value is -1.94. The van der Waals surface area contributed by atoms with Gasteiger partial charge in [-0.1, -0.05) is 369 Å². The van der Waals surface area contributed by atoms with Crippen LogP contribution in [-0.4, -0.2) is 96.7 Å². The van der Waals surface area contributed by atoms with Crippen molar-refractivity contribution in [1.29, 1.82) is 0 Å². The number of carbonyl (C=O) groups is 4. The van der Waals surface area contributed by atoms with Gasteiger partial charge in [0.2, 0.25) is 0 Å². The fourth-order valence-corrected chi connectivity index (χ4v) is 13.9. The van der Waals surface area contributed by atoms with Crippen molar-refractivity contribution in [3.05, 3.63) is 0 Å². The molecule has 0 rings (SSSR count). The summed E-state index contributed by atoms with van der Waals surface area (Å²) < 4.78 is 68.7. The lowest BCUT2D eigenvalue weighted by atomic mass is 10.0. The van der Waals surface area contributed by atoms with E-state index in [0.717, 1.165) is 102 Å². The molecule has 5 atom stereocenters. The molecule has 0 saturated heterocycles. The fourth-order valence-electron chi connectivity index (χ4n) is 12.4. The van der Waals surface area contributed by atoms with Gasteiger partial charge in [-0.05, 0) is 37.5 Å². The largest absolute Gasteiger partial charge is 0.472 e. The molecule has 0 fully saturated rings. The van der Waals surface area contributed by atoms with Gasteiger partial charge in [-0.15, -0.1) is 0 Å². The van der Waals surface area contributed by atoms with Crippen LogP contribution in [0.5, 0.6) is 0 Å². The maximum Gasteiger partial charge on any atom is 0.472 e. The van der Waals surface area contributed by atoms with Crippen LogP contribution >= 0.6 is 15.6 Å². The van der Waals surface area contributed by atoms with Crippen LogP contribution in [0.15, 0.2) is 0 Å². The standard InChI is InChI=1S/C80H156O17P2/c1-7-9-11-13-15-17-19-20-25-29-32-39-45-51-57-63-78(83)91-69-76(96-79(84)64-58-52-46-40-33-30-27-24-22-21-23-26-28-31-36-42-48-54-60-72(3)4)71-95-99(88,89)93-67-74(81)66-92-98(86,87)94-70-75(68-90-77(82)62-56-50-44-38-18-16-14-12-10-8-2)97-80(85)65-59-53-47-41-35-34-37-43-49-55-61-73(5)6/h72-76,81H,7-71H2,1-6H3,(H,86,87)(H,88,89)/t74-,75+,76+/m0/s1. The van der Waals surface area contributed by atoms with Crippen molar-refractivity contribution in [2.24, 2.45) is 11.8 Å². The third kappa shape index (κ3) is 74.1. The molecule has 588 valence electrons. The molecule has 0 aromatic rings. The van der Waals surface area contributed by atoms with Crippen LogP contribution in [-0.2, 0) is 65.4 Å². The number of ether oxygens (including phenoxy) is 4. The van der Waals surface area contributed by atoms with Gasteiger partial charge in [-0.25, -0.2) is 9.13 Å². The van der Waals surface area contributed by atoms with E-state index in [1.807, 2.05) is 0 Å². The van der Waals surface area contributed by atoms with E-state index in [-0.39, 0.29) is 25.7 Å². The number of unbranched alkanes of at least 4 members (excludes halogenated alkanes) is 49. The first-order valence-corrected chi connectivity index (χ1v) is 44.5. The quantitative estimate of drug-likeness (QED) is 0.0222. The van der Waals surface area contributed by atoms with E-state index in [2.05, 4.69) is 41.5 Å². The lowest BCUT2D eigenvalue weighted by Gasteiger charge is -2.21. The van der Waals surface area contributed by atoms with Crippen molar-refractivity contribution in [3.8, 4) is 0 Å². The van der Waals surface area contributed by atoms with Crippen LogP contribution in [0, 0.1) is 11.8 Å². The number of phosphoric acid groups is 2. The predicted molar refractivity (Wildman–Crippen MR) is 405 cm³/mol. The van der Waals surface area contributed by atoms with Crippen LogP contribution < -0.4 is 0 Å². The van der Waals surface area contributed by atoms with Gasteiger partial charge in [0.15, 0.2) is 12.2 Å². The molecule has 2 unspecified atom stereocenters. The highest BCUT2D eigenvalue weighted by Gasteiger charge is 2.30. The number of hydrogen-bond acceptors (Lipinski definition) is 15.